The summed E-state index contributed by atoms with van der Waals surface area (Å²) in [7, 11) is 1.98. The number of hydrogen-bond donors (Lipinski definition) is 0. The van der Waals surface area contributed by atoms with Crippen molar-refractivity contribution in [1.82, 2.24) is 24.6 Å². The molecule has 1 fully saturated rings. The van der Waals surface area contributed by atoms with E-state index in [1.54, 1.807) is 11.3 Å². The highest BCUT2D eigenvalue weighted by molar-refractivity contribution is 7.09. The fourth-order valence-electron chi connectivity index (χ4n) is 3.87. The van der Waals surface area contributed by atoms with Gasteiger partial charge in [0.05, 0.1) is 16.9 Å². The molecule has 24 heavy (non-hydrogen) atoms. The van der Waals surface area contributed by atoms with E-state index in [4.69, 9.17) is 4.98 Å². The molecular weight excluding hydrogens is 318 g/mol. The molecule has 126 valence electrons. The Labute approximate surface area is 146 Å². The maximum Gasteiger partial charge on any atom is 0.158 e. The zero-order chi connectivity index (χ0) is 16.7. The molecule has 5 nitrogen and oxygen atoms in total. The van der Waals surface area contributed by atoms with Crippen LogP contribution in [0.2, 0.25) is 0 Å². The van der Waals surface area contributed by atoms with Crippen LogP contribution in [0.15, 0.2) is 23.8 Å². The minimum atomic E-state index is 0.0926. The summed E-state index contributed by atoms with van der Waals surface area (Å²) in [6.45, 7) is 7.58. The molecule has 6 heteroatoms. The van der Waals surface area contributed by atoms with Crippen molar-refractivity contribution in [2.75, 3.05) is 13.1 Å². The molecular formula is C18H23N5S. The van der Waals surface area contributed by atoms with Gasteiger partial charge in [-0.1, -0.05) is 6.92 Å². The highest BCUT2D eigenvalue weighted by atomic mass is 32.1. The van der Waals surface area contributed by atoms with E-state index in [1.165, 1.54) is 23.4 Å². The third-order valence-electron chi connectivity index (χ3n) is 5.13. The Balaban J connectivity index is 1.62. The van der Waals surface area contributed by atoms with Gasteiger partial charge in [-0.3, -0.25) is 14.6 Å². The van der Waals surface area contributed by atoms with Crippen LogP contribution in [0.5, 0.6) is 0 Å². The Morgan fingerprint density at radius 3 is 3.00 bits per heavy atom. The van der Waals surface area contributed by atoms with Gasteiger partial charge in [0.25, 0.3) is 0 Å². The molecule has 1 saturated heterocycles. The maximum absolute atomic E-state index is 4.99. The van der Waals surface area contributed by atoms with E-state index in [9.17, 15) is 0 Å². The summed E-state index contributed by atoms with van der Waals surface area (Å²) in [6.07, 6.45) is 4.38. The van der Waals surface area contributed by atoms with Gasteiger partial charge in [-0.05, 0) is 38.4 Å². The van der Waals surface area contributed by atoms with Crippen LogP contribution in [-0.4, -0.2) is 37.7 Å². The van der Waals surface area contributed by atoms with Crippen LogP contribution < -0.4 is 0 Å². The summed E-state index contributed by atoms with van der Waals surface area (Å²) >= 11 is 1.74. The quantitative estimate of drug-likeness (QED) is 0.733. The molecule has 3 aromatic heterocycles. The number of pyridine rings is 1. The molecule has 4 heterocycles. The van der Waals surface area contributed by atoms with Crippen LogP contribution >= 0.6 is 11.3 Å². The Morgan fingerprint density at radius 2 is 2.21 bits per heavy atom. The average Bonchev–Trinajstić information content (AvgIpc) is 3.16. The van der Waals surface area contributed by atoms with E-state index in [2.05, 4.69) is 34.0 Å². The summed E-state index contributed by atoms with van der Waals surface area (Å²) in [5.41, 5.74) is 5.23. The van der Waals surface area contributed by atoms with E-state index >= 15 is 0 Å². The molecule has 0 radical (unpaired) electrons. The number of piperidine rings is 1. The van der Waals surface area contributed by atoms with Gasteiger partial charge in [-0.25, -0.2) is 4.98 Å². The minimum absolute atomic E-state index is 0.0926. The average molecular weight is 341 g/mol. The van der Waals surface area contributed by atoms with Crippen LogP contribution in [0, 0.1) is 6.92 Å². The molecule has 1 aliphatic heterocycles. The van der Waals surface area contributed by atoms with Crippen LogP contribution in [-0.2, 0) is 19.0 Å². The topological polar surface area (TPSA) is 46.8 Å². The Hall–Kier alpha value is -1.79. The summed E-state index contributed by atoms with van der Waals surface area (Å²) in [5.74, 6) is 0. The standard InChI is InChI=1S/C18H23N5S/c1-13-15-5-6-16(20-17(15)22(3)21-13)18(2)7-4-8-23(11-18)10-14-9-19-12-24-14/h5-6,9,12H,4,7-8,10-11H2,1-3H3. The van der Waals surface area contributed by atoms with Gasteiger partial charge in [0, 0.05) is 42.0 Å². The summed E-state index contributed by atoms with van der Waals surface area (Å²) in [4.78, 5) is 13.1. The van der Waals surface area contributed by atoms with Crippen LogP contribution in [0.25, 0.3) is 11.0 Å². The number of hydrogen-bond acceptors (Lipinski definition) is 5. The van der Waals surface area contributed by atoms with Gasteiger partial charge in [-0.15, -0.1) is 11.3 Å². The van der Waals surface area contributed by atoms with E-state index in [-0.39, 0.29) is 5.41 Å². The Morgan fingerprint density at radius 1 is 1.33 bits per heavy atom. The van der Waals surface area contributed by atoms with Crippen molar-refractivity contribution >= 4 is 22.4 Å². The van der Waals surface area contributed by atoms with Gasteiger partial charge in [0.15, 0.2) is 5.65 Å². The summed E-state index contributed by atoms with van der Waals surface area (Å²) in [5, 5.41) is 5.66. The molecule has 0 saturated carbocycles. The predicted octanol–water partition coefficient (Wildman–Crippen LogP) is 3.29. The van der Waals surface area contributed by atoms with E-state index < -0.39 is 0 Å². The lowest BCUT2D eigenvalue weighted by molar-refractivity contribution is 0.148. The second-order valence-electron chi connectivity index (χ2n) is 7.12. The highest BCUT2D eigenvalue weighted by Crippen LogP contribution is 2.34. The first-order valence-corrected chi connectivity index (χ1v) is 9.34. The number of thiazole rings is 1. The number of nitrogens with zero attached hydrogens (tertiary/aromatic N) is 5. The minimum Gasteiger partial charge on any atom is -0.297 e. The van der Waals surface area contributed by atoms with Crippen molar-refractivity contribution in [3.63, 3.8) is 0 Å². The largest absolute Gasteiger partial charge is 0.297 e. The van der Waals surface area contributed by atoms with Crippen LogP contribution in [0.1, 0.15) is 36.0 Å². The maximum atomic E-state index is 4.99. The number of fused-ring (bicyclic) bond motifs is 1. The molecule has 0 bridgehead atoms. The van der Waals surface area contributed by atoms with Gasteiger partial charge in [-0.2, -0.15) is 5.10 Å². The monoisotopic (exact) mass is 341 g/mol. The Kier molecular flexibility index (Phi) is 3.89. The van der Waals surface area contributed by atoms with Crippen LogP contribution in [0.4, 0.5) is 0 Å². The fourth-order valence-corrected chi connectivity index (χ4v) is 4.50. The lowest BCUT2D eigenvalue weighted by Crippen LogP contribution is -2.44. The second kappa shape index (κ2) is 5.93. The van der Waals surface area contributed by atoms with Crippen molar-refractivity contribution in [3.8, 4) is 0 Å². The first-order chi connectivity index (χ1) is 11.5. The lowest BCUT2D eigenvalue weighted by atomic mass is 9.78. The molecule has 4 rings (SSSR count). The zero-order valence-electron chi connectivity index (χ0n) is 14.5. The number of rotatable bonds is 3. The van der Waals surface area contributed by atoms with E-state index in [0.717, 1.165) is 36.4 Å². The molecule has 0 aliphatic carbocycles. The van der Waals surface area contributed by atoms with E-state index in [1.807, 2.05) is 30.4 Å². The van der Waals surface area contributed by atoms with Crippen molar-refractivity contribution in [2.24, 2.45) is 7.05 Å². The SMILES string of the molecule is Cc1nn(C)c2nc(C3(C)CCCN(Cc4cncs4)C3)ccc12. The third kappa shape index (κ3) is 2.74. The lowest BCUT2D eigenvalue weighted by Gasteiger charge is -2.40. The summed E-state index contributed by atoms with van der Waals surface area (Å²) in [6, 6.07) is 4.39. The smallest absolute Gasteiger partial charge is 0.158 e. The van der Waals surface area contributed by atoms with E-state index in [0.29, 0.717) is 0 Å². The first kappa shape index (κ1) is 15.7. The molecule has 1 atom stereocenters. The fraction of sp³-hybridized carbons (Fsp3) is 0.500. The first-order valence-electron chi connectivity index (χ1n) is 8.46. The molecule has 3 aromatic rings. The molecule has 0 N–H and O–H groups in total. The number of aromatic nitrogens is 4. The molecule has 1 unspecified atom stereocenters. The predicted molar refractivity (Wildman–Crippen MR) is 97.2 cm³/mol. The van der Waals surface area contributed by atoms with Crippen molar-refractivity contribution in [2.45, 2.75) is 38.6 Å². The van der Waals surface area contributed by atoms with Crippen molar-refractivity contribution in [3.05, 3.63) is 40.1 Å². The Bertz CT molecular complexity index is 854. The number of aryl methyl sites for hydroxylation is 2. The molecule has 0 amide bonds. The van der Waals surface area contributed by atoms with Crippen LogP contribution in [0.3, 0.4) is 0 Å². The molecule has 0 spiro atoms. The van der Waals surface area contributed by atoms with Gasteiger partial charge >= 0.3 is 0 Å². The number of likely N-dealkylation sites (tertiary alicyclic amines) is 1. The summed E-state index contributed by atoms with van der Waals surface area (Å²) < 4.78 is 1.90. The van der Waals surface area contributed by atoms with Crippen molar-refractivity contribution in [1.29, 1.82) is 0 Å². The van der Waals surface area contributed by atoms with Crippen molar-refractivity contribution < 1.29 is 0 Å². The third-order valence-corrected chi connectivity index (χ3v) is 5.89. The normalized spacial score (nSPS) is 22.3. The molecule has 0 aromatic carbocycles. The zero-order valence-corrected chi connectivity index (χ0v) is 15.3. The highest BCUT2D eigenvalue weighted by Gasteiger charge is 2.34. The second-order valence-corrected chi connectivity index (χ2v) is 8.09. The molecule has 1 aliphatic rings. The van der Waals surface area contributed by atoms with Gasteiger partial charge < -0.3 is 0 Å². The van der Waals surface area contributed by atoms with Gasteiger partial charge in [0.1, 0.15) is 0 Å². The van der Waals surface area contributed by atoms with Gasteiger partial charge in [0.2, 0.25) is 0 Å².